The van der Waals surface area contributed by atoms with E-state index in [1.807, 2.05) is 12.3 Å². The maximum Gasteiger partial charge on any atom is 0.337 e. The van der Waals surface area contributed by atoms with E-state index >= 15 is 0 Å². The SMILES string of the molecule is CCn1c(C)cc(C=Nc2cccc(C(=O)OC)c2)c1C. The number of aliphatic imine (C=N–C) groups is 1. The smallest absolute Gasteiger partial charge is 0.337 e. The van der Waals surface area contributed by atoms with Crippen molar-refractivity contribution in [2.24, 2.45) is 4.99 Å². The van der Waals surface area contributed by atoms with Gasteiger partial charge in [0.15, 0.2) is 0 Å². The fraction of sp³-hybridized carbons (Fsp3) is 0.294. The van der Waals surface area contributed by atoms with Crippen LogP contribution in [0.2, 0.25) is 0 Å². The molecule has 4 heteroatoms. The molecule has 1 aromatic heterocycles. The van der Waals surface area contributed by atoms with Gasteiger partial charge in [0.25, 0.3) is 0 Å². The molecule has 0 fully saturated rings. The third-order valence-corrected chi connectivity index (χ3v) is 3.55. The molecule has 0 amide bonds. The molecule has 0 aliphatic heterocycles. The number of aryl methyl sites for hydroxylation is 1. The number of nitrogens with zero attached hydrogens (tertiary/aromatic N) is 2. The van der Waals surface area contributed by atoms with Crippen molar-refractivity contribution in [2.75, 3.05) is 7.11 Å². The summed E-state index contributed by atoms with van der Waals surface area (Å²) < 4.78 is 6.95. The molecule has 110 valence electrons. The standard InChI is InChI=1S/C17H20N2O2/c1-5-19-12(2)9-15(13(19)3)11-18-16-8-6-7-14(10-16)17(20)21-4/h6-11H,5H2,1-4H3. The van der Waals surface area contributed by atoms with E-state index in [1.165, 1.54) is 18.5 Å². The van der Waals surface area contributed by atoms with Crippen LogP contribution < -0.4 is 0 Å². The molecule has 0 N–H and O–H groups in total. The Morgan fingerprint density at radius 3 is 2.71 bits per heavy atom. The molecule has 0 radical (unpaired) electrons. The molecular formula is C17H20N2O2. The zero-order valence-corrected chi connectivity index (χ0v) is 12.9. The van der Waals surface area contributed by atoms with Crippen LogP contribution in [0, 0.1) is 13.8 Å². The maximum absolute atomic E-state index is 11.5. The summed E-state index contributed by atoms with van der Waals surface area (Å²) in [4.78, 5) is 16.0. The molecule has 0 saturated carbocycles. The zero-order chi connectivity index (χ0) is 15.4. The first-order valence-corrected chi connectivity index (χ1v) is 6.96. The van der Waals surface area contributed by atoms with Crippen molar-refractivity contribution in [1.82, 2.24) is 4.57 Å². The van der Waals surface area contributed by atoms with Crippen LogP contribution >= 0.6 is 0 Å². The second-order valence-corrected chi connectivity index (χ2v) is 4.87. The van der Waals surface area contributed by atoms with Crippen LogP contribution in [-0.2, 0) is 11.3 Å². The predicted molar refractivity (Wildman–Crippen MR) is 84.6 cm³/mol. The minimum atomic E-state index is -0.351. The van der Waals surface area contributed by atoms with Gasteiger partial charge in [-0.2, -0.15) is 0 Å². The number of rotatable bonds is 4. The molecule has 4 nitrogen and oxygen atoms in total. The summed E-state index contributed by atoms with van der Waals surface area (Å²) in [6.07, 6.45) is 1.84. The van der Waals surface area contributed by atoms with Crippen LogP contribution in [0.25, 0.3) is 0 Å². The summed E-state index contributed by atoms with van der Waals surface area (Å²) in [5.74, 6) is -0.351. The Labute approximate surface area is 125 Å². The van der Waals surface area contributed by atoms with E-state index in [9.17, 15) is 4.79 Å². The molecule has 0 unspecified atom stereocenters. The summed E-state index contributed by atoms with van der Waals surface area (Å²) in [6, 6.07) is 9.22. The summed E-state index contributed by atoms with van der Waals surface area (Å²) in [5, 5.41) is 0. The van der Waals surface area contributed by atoms with Gasteiger partial charge in [-0.1, -0.05) is 6.07 Å². The van der Waals surface area contributed by atoms with Crippen molar-refractivity contribution in [1.29, 1.82) is 0 Å². The highest BCUT2D eigenvalue weighted by atomic mass is 16.5. The number of esters is 1. The molecular weight excluding hydrogens is 264 g/mol. The Morgan fingerprint density at radius 2 is 2.10 bits per heavy atom. The minimum Gasteiger partial charge on any atom is -0.465 e. The molecule has 0 aliphatic rings. The molecule has 0 saturated heterocycles. The zero-order valence-electron chi connectivity index (χ0n) is 12.9. The van der Waals surface area contributed by atoms with Gasteiger partial charge in [0, 0.05) is 29.7 Å². The van der Waals surface area contributed by atoms with Crippen LogP contribution in [0.5, 0.6) is 0 Å². The van der Waals surface area contributed by atoms with E-state index in [1.54, 1.807) is 18.2 Å². The van der Waals surface area contributed by atoms with Crippen molar-refractivity contribution >= 4 is 17.9 Å². The van der Waals surface area contributed by atoms with Crippen molar-refractivity contribution in [3.8, 4) is 0 Å². The first kappa shape index (κ1) is 15.0. The summed E-state index contributed by atoms with van der Waals surface area (Å²) >= 11 is 0. The molecule has 2 rings (SSSR count). The van der Waals surface area contributed by atoms with Gasteiger partial charge >= 0.3 is 5.97 Å². The molecule has 0 bridgehead atoms. The molecule has 0 spiro atoms. The van der Waals surface area contributed by atoms with Crippen molar-refractivity contribution in [2.45, 2.75) is 27.3 Å². The first-order valence-electron chi connectivity index (χ1n) is 6.96. The fourth-order valence-electron chi connectivity index (χ4n) is 2.42. The molecule has 2 aromatic rings. The normalized spacial score (nSPS) is 11.0. The second-order valence-electron chi connectivity index (χ2n) is 4.87. The monoisotopic (exact) mass is 284 g/mol. The lowest BCUT2D eigenvalue weighted by atomic mass is 10.2. The van der Waals surface area contributed by atoms with E-state index in [4.69, 9.17) is 4.74 Å². The number of carbonyl (C=O) groups is 1. The Morgan fingerprint density at radius 1 is 1.33 bits per heavy atom. The average molecular weight is 284 g/mol. The van der Waals surface area contributed by atoms with Crippen LogP contribution in [-0.4, -0.2) is 23.9 Å². The van der Waals surface area contributed by atoms with Crippen LogP contribution in [0.3, 0.4) is 0 Å². The van der Waals surface area contributed by atoms with E-state index in [-0.39, 0.29) is 5.97 Å². The van der Waals surface area contributed by atoms with E-state index in [2.05, 4.69) is 36.4 Å². The number of hydrogen-bond acceptors (Lipinski definition) is 3. The van der Waals surface area contributed by atoms with Gasteiger partial charge in [0.2, 0.25) is 0 Å². The third kappa shape index (κ3) is 3.21. The Balaban J connectivity index is 2.28. The van der Waals surface area contributed by atoms with Gasteiger partial charge in [-0.05, 0) is 45.0 Å². The van der Waals surface area contributed by atoms with E-state index in [0.29, 0.717) is 5.56 Å². The summed E-state index contributed by atoms with van der Waals surface area (Å²) in [5.41, 5.74) is 4.76. The minimum absolute atomic E-state index is 0.351. The van der Waals surface area contributed by atoms with Gasteiger partial charge in [-0.15, -0.1) is 0 Å². The van der Waals surface area contributed by atoms with Gasteiger partial charge in [-0.25, -0.2) is 4.79 Å². The van der Waals surface area contributed by atoms with Crippen LogP contribution in [0.4, 0.5) is 5.69 Å². The number of hydrogen-bond donors (Lipinski definition) is 0. The average Bonchev–Trinajstić information content (AvgIpc) is 2.78. The highest BCUT2D eigenvalue weighted by Crippen LogP contribution is 2.17. The maximum atomic E-state index is 11.5. The molecule has 1 aromatic carbocycles. The van der Waals surface area contributed by atoms with Crippen LogP contribution in [0.1, 0.15) is 34.2 Å². The number of aromatic nitrogens is 1. The largest absolute Gasteiger partial charge is 0.465 e. The highest BCUT2D eigenvalue weighted by molar-refractivity contribution is 5.91. The topological polar surface area (TPSA) is 43.6 Å². The molecule has 1 heterocycles. The van der Waals surface area contributed by atoms with Gasteiger partial charge in [-0.3, -0.25) is 4.99 Å². The number of carbonyl (C=O) groups excluding carboxylic acids is 1. The highest BCUT2D eigenvalue weighted by Gasteiger charge is 2.07. The van der Waals surface area contributed by atoms with E-state index < -0.39 is 0 Å². The predicted octanol–water partition coefficient (Wildman–Crippen LogP) is 3.66. The first-order chi connectivity index (χ1) is 10.1. The molecule has 0 aliphatic carbocycles. The second kappa shape index (κ2) is 6.39. The van der Waals surface area contributed by atoms with Crippen molar-refractivity contribution in [3.05, 3.63) is 52.8 Å². The Kier molecular flexibility index (Phi) is 4.58. The number of methoxy groups -OCH3 is 1. The lowest BCUT2D eigenvalue weighted by Gasteiger charge is -2.04. The van der Waals surface area contributed by atoms with Gasteiger partial charge < -0.3 is 9.30 Å². The van der Waals surface area contributed by atoms with E-state index in [0.717, 1.165) is 17.8 Å². The summed E-state index contributed by atoms with van der Waals surface area (Å²) in [6.45, 7) is 7.25. The Bertz CT molecular complexity index is 684. The quantitative estimate of drug-likeness (QED) is 0.635. The van der Waals surface area contributed by atoms with Gasteiger partial charge in [0.05, 0.1) is 18.4 Å². The summed E-state index contributed by atoms with van der Waals surface area (Å²) in [7, 11) is 1.37. The third-order valence-electron chi connectivity index (χ3n) is 3.55. The number of benzene rings is 1. The molecule has 0 atom stereocenters. The van der Waals surface area contributed by atoms with Crippen molar-refractivity contribution < 1.29 is 9.53 Å². The number of ether oxygens (including phenoxy) is 1. The Hall–Kier alpha value is -2.36. The fourth-order valence-corrected chi connectivity index (χ4v) is 2.42. The van der Waals surface area contributed by atoms with Crippen LogP contribution in [0.15, 0.2) is 35.3 Å². The van der Waals surface area contributed by atoms with Crippen molar-refractivity contribution in [3.63, 3.8) is 0 Å². The van der Waals surface area contributed by atoms with Gasteiger partial charge in [0.1, 0.15) is 0 Å². The lowest BCUT2D eigenvalue weighted by Crippen LogP contribution is -2.00. The molecule has 21 heavy (non-hydrogen) atoms. The lowest BCUT2D eigenvalue weighted by molar-refractivity contribution is 0.0601.